The van der Waals surface area contributed by atoms with Gasteiger partial charge in [-0.2, -0.15) is 9.77 Å². The minimum absolute atomic E-state index is 0.137. The highest BCUT2D eigenvalue weighted by Crippen LogP contribution is 2.31. The van der Waals surface area contributed by atoms with Crippen molar-refractivity contribution in [3.63, 3.8) is 0 Å². The summed E-state index contributed by atoms with van der Waals surface area (Å²) in [7, 11) is -1.19. The van der Waals surface area contributed by atoms with Crippen molar-refractivity contribution in [3.05, 3.63) is 50.8 Å². The van der Waals surface area contributed by atoms with Gasteiger partial charge in [0.1, 0.15) is 0 Å². The van der Waals surface area contributed by atoms with Gasteiger partial charge in [0.25, 0.3) is 5.56 Å². The summed E-state index contributed by atoms with van der Waals surface area (Å²) in [5.41, 5.74) is 1.77. The second kappa shape index (κ2) is 7.88. The summed E-state index contributed by atoms with van der Waals surface area (Å²) in [5.74, 6) is 3.58. The Morgan fingerprint density at radius 2 is 2.07 bits per heavy atom. The molecule has 0 fully saturated rings. The molecule has 0 bridgehead atoms. The Balaban J connectivity index is 2.30. The number of benzene rings is 1. The second-order valence-electron chi connectivity index (χ2n) is 7.24. The molecule has 2 N–H and O–H groups in total. The van der Waals surface area contributed by atoms with Gasteiger partial charge in [0, 0.05) is 25.1 Å². The summed E-state index contributed by atoms with van der Waals surface area (Å²) < 4.78 is 19.7. The molecule has 0 aliphatic heterocycles. The normalized spacial score (nSPS) is 13.7. The van der Waals surface area contributed by atoms with Gasteiger partial charge in [-0.05, 0) is 35.6 Å². The van der Waals surface area contributed by atoms with E-state index in [1.165, 1.54) is 6.26 Å². The number of nitrogens with zero attached hydrogens (tertiary/aromatic N) is 3. The number of aromatic nitrogens is 4. The molecule has 0 saturated heterocycles. The minimum atomic E-state index is -2.82. The summed E-state index contributed by atoms with van der Waals surface area (Å²) in [6.45, 7) is 5.13. The fourth-order valence-electron chi connectivity index (χ4n) is 3.17. The number of fused-ring (bicyclic) bond motifs is 1. The first-order chi connectivity index (χ1) is 13.6. The lowest BCUT2D eigenvalue weighted by molar-refractivity contribution is 0.184. The zero-order valence-corrected chi connectivity index (χ0v) is 17.7. The maximum Gasteiger partial charge on any atom is 0.348 e. The molecule has 0 radical (unpaired) electrons. The summed E-state index contributed by atoms with van der Waals surface area (Å²) in [4.78, 5) is 30.4. The molecular formula is C19H25N5O4S. The highest BCUT2D eigenvalue weighted by atomic mass is 32.2. The zero-order valence-electron chi connectivity index (χ0n) is 16.9. The van der Waals surface area contributed by atoms with Crippen molar-refractivity contribution in [1.29, 1.82) is 0 Å². The fourth-order valence-corrected chi connectivity index (χ4v) is 3.73. The topological polar surface area (TPSA) is 111 Å². The van der Waals surface area contributed by atoms with Crippen LogP contribution in [0.5, 0.6) is 0 Å². The molecule has 10 heteroatoms. The molecule has 0 aliphatic rings. The van der Waals surface area contributed by atoms with E-state index in [9.17, 15) is 13.8 Å². The first kappa shape index (κ1) is 20.9. The quantitative estimate of drug-likeness (QED) is 0.558. The Kier molecular flexibility index (Phi) is 5.67. The van der Waals surface area contributed by atoms with Crippen LogP contribution >= 0.6 is 0 Å². The van der Waals surface area contributed by atoms with Crippen LogP contribution in [0, 0.1) is 0 Å². The Hall–Kier alpha value is -2.85. The number of ether oxygens (including phenoxy) is 1. The number of nitrogens with one attached hydrogen (secondary N) is 2. The lowest BCUT2D eigenvalue weighted by atomic mass is 9.93. The van der Waals surface area contributed by atoms with Crippen molar-refractivity contribution in [2.45, 2.75) is 26.3 Å². The predicted octanol–water partition coefficient (Wildman–Crippen LogP) is 1.13. The lowest BCUT2D eigenvalue weighted by Crippen LogP contribution is -2.43. The smallest absolute Gasteiger partial charge is 0.348 e. The van der Waals surface area contributed by atoms with Crippen LogP contribution in [0.2, 0.25) is 0 Å². The van der Waals surface area contributed by atoms with Gasteiger partial charge in [-0.1, -0.05) is 13.8 Å². The van der Waals surface area contributed by atoms with Crippen molar-refractivity contribution in [2.24, 2.45) is 0 Å². The zero-order chi connectivity index (χ0) is 21.3. The van der Waals surface area contributed by atoms with Gasteiger partial charge < -0.3 is 9.72 Å². The van der Waals surface area contributed by atoms with Gasteiger partial charge >= 0.3 is 5.69 Å². The van der Waals surface area contributed by atoms with Crippen molar-refractivity contribution in [2.75, 3.05) is 24.8 Å². The Bertz CT molecular complexity index is 1270. The molecule has 2 aromatic heterocycles. The molecule has 29 heavy (non-hydrogen) atoms. The molecule has 0 aliphatic carbocycles. The number of hydrogen-bond donors (Lipinski definition) is 2. The van der Waals surface area contributed by atoms with E-state index in [0.717, 1.165) is 16.8 Å². The van der Waals surface area contributed by atoms with Crippen LogP contribution in [0.25, 0.3) is 22.2 Å². The van der Waals surface area contributed by atoms with Crippen LogP contribution < -0.4 is 16.1 Å². The van der Waals surface area contributed by atoms with E-state index in [4.69, 9.17) is 4.74 Å². The van der Waals surface area contributed by atoms with E-state index >= 15 is 0 Å². The third-order valence-corrected chi connectivity index (χ3v) is 5.04. The molecule has 3 rings (SSSR count). The third-order valence-electron chi connectivity index (χ3n) is 4.47. The summed E-state index contributed by atoms with van der Waals surface area (Å²) >= 11 is 0. The van der Waals surface area contributed by atoms with Gasteiger partial charge in [0.15, 0.2) is 0 Å². The maximum atomic E-state index is 13.0. The van der Waals surface area contributed by atoms with Crippen molar-refractivity contribution < 1.29 is 8.95 Å². The number of rotatable bonds is 7. The van der Waals surface area contributed by atoms with Gasteiger partial charge in [-0.25, -0.2) is 13.8 Å². The number of hydrogen-bond acceptors (Lipinski definition) is 5. The Labute approximate surface area is 168 Å². The Morgan fingerprint density at radius 1 is 1.34 bits per heavy atom. The molecule has 0 amide bonds. The monoisotopic (exact) mass is 419 g/mol. The number of methoxy groups -OCH3 is 1. The SMILES string of the molecule is C=S(C)(=O)Nn1c(=O)[nH]c2cc(C(C)C)c(-c3ccnn3CCOC)cc2c1=O. The number of aromatic amines is 1. The molecule has 3 aromatic rings. The first-order valence-corrected chi connectivity index (χ1v) is 11.2. The Morgan fingerprint density at radius 3 is 2.69 bits per heavy atom. The standard InChI is InChI=1S/C19H25N5O4S/c1-12(2)13-11-16-15(18(25)24(19(26)21-16)22-29(4,5)27)10-14(13)17-6-7-20-23(17)8-9-28-3/h6-7,10-12H,4,8-9H2,1-3,5H3,(H,21,26)(H,22,27). The molecule has 0 spiro atoms. The van der Waals surface area contributed by atoms with Gasteiger partial charge in [0.05, 0.1) is 39.5 Å². The molecular weight excluding hydrogens is 394 g/mol. The minimum Gasteiger partial charge on any atom is -0.383 e. The second-order valence-corrected chi connectivity index (χ2v) is 9.43. The molecule has 156 valence electrons. The van der Waals surface area contributed by atoms with Gasteiger partial charge in [-0.15, -0.1) is 0 Å². The van der Waals surface area contributed by atoms with E-state index in [1.807, 2.05) is 30.7 Å². The first-order valence-electron chi connectivity index (χ1n) is 9.06. The van der Waals surface area contributed by atoms with Crippen molar-refractivity contribution >= 4 is 26.5 Å². The summed E-state index contributed by atoms with van der Waals surface area (Å²) in [5, 5.41) is 4.64. The van der Waals surface area contributed by atoms with E-state index < -0.39 is 21.0 Å². The molecule has 1 atom stereocenters. The van der Waals surface area contributed by atoms with Crippen LogP contribution in [0.3, 0.4) is 0 Å². The van der Waals surface area contributed by atoms with Crippen molar-refractivity contribution in [1.82, 2.24) is 19.4 Å². The predicted molar refractivity (Wildman–Crippen MR) is 117 cm³/mol. The van der Waals surface area contributed by atoms with E-state index in [1.54, 1.807) is 19.4 Å². The van der Waals surface area contributed by atoms with Crippen LogP contribution in [-0.2, 0) is 21.0 Å². The average Bonchev–Trinajstić information content (AvgIpc) is 3.10. The maximum absolute atomic E-state index is 13.0. The largest absolute Gasteiger partial charge is 0.383 e. The lowest BCUT2D eigenvalue weighted by Gasteiger charge is -2.17. The van der Waals surface area contributed by atoms with E-state index in [2.05, 4.69) is 20.8 Å². The molecule has 0 saturated carbocycles. The van der Waals surface area contributed by atoms with Gasteiger partial charge in [-0.3, -0.25) is 9.48 Å². The van der Waals surface area contributed by atoms with E-state index in [0.29, 0.717) is 28.7 Å². The highest BCUT2D eigenvalue weighted by molar-refractivity contribution is 8.00. The fraction of sp³-hybridized carbons (Fsp3) is 0.368. The summed E-state index contributed by atoms with van der Waals surface area (Å²) in [6, 6.07) is 5.42. The molecule has 9 nitrogen and oxygen atoms in total. The van der Waals surface area contributed by atoms with Crippen LogP contribution in [0.1, 0.15) is 25.3 Å². The van der Waals surface area contributed by atoms with E-state index in [-0.39, 0.29) is 5.92 Å². The van der Waals surface area contributed by atoms with Gasteiger partial charge in [0.2, 0.25) is 0 Å². The highest BCUT2D eigenvalue weighted by Gasteiger charge is 2.18. The van der Waals surface area contributed by atoms with Crippen LogP contribution in [-0.4, -0.2) is 49.5 Å². The average molecular weight is 420 g/mol. The molecule has 1 aromatic carbocycles. The molecule has 2 heterocycles. The number of H-pyrrole nitrogens is 1. The molecule has 1 unspecified atom stereocenters. The van der Waals surface area contributed by atoms with Crippen LogP contribution in [0.4, 0.5) is 0 Å². The third kappa shape index (κ3) is 4.28. The summed E-state index contributed by atoms with van der Waals surface area (Å²) in [6.07, 6.45) is 3.01. The van der Waals surface area contributed by atoms with Crippen molar-refractivity contribution in [3.8, 4) is 11.3 Å². The van der Waals surface area contributed by atoms with Crippen LogP contribution in [0.15, 0.2) is 34.0 Å².